The minimum absolute atomic E-state index is 0.0726. The van der Waals surface area contributed by atoms with Gasteiger partial charge in [0.05, 0.1) is 5.75 Å². The van der Waals surface area contributed by atoms with Gasteiger partial charge >= 0.3 is 0 Å². The SMILES string of the molecule is Cc1ccc(COc2cccc([C@H]3SCC(=O)N3c3ccc(Cl)cc3)c2)cc1. The summed E-state index contributed by atoms with van der Waals surface area (Å²) < 4.78 is 5.99. The van der Waals surface area contributed by atoms with Crippen molar-refractivity contribution in [3.05, 3.63) is 94.5 Å². The molecule has 0 saturated carbocycles. The van der Waals surface area contributed by atoms with E-state index in [-0.39, 0.29) is 11.3 Å². The van der Waals surface area contributed by atoms with E-state index in [2.05, 4.69) is 31.2 Å². The minimum atomic E-state index is -0.0726. The summed E-state index contributed by atoms with van der Waals surface area (Å²) in [6.45, 7) is 2.59. The molecule has 3 aromatic rings. The summed E-state index contributed by atoms with van der Waals surface area (Å²) in [5.74, 6) is 1.36. The first kappa shape index (κ1) is 18.9. The van der Waals surface area contributed by atoms with Gasteiger partial charge in [-0.05, 0) is 54.4 Å². The van der Waals surface area contributed by atoms with Crippen molar-refractivity contribution in [1.29, 1.82) is 0 Å². The summed E-state index contributed by atoms with van der Waals surface area (Å²) in [5.41, 5.74) is 4.27. The van der Waals surface area contributed by atoms with E-state index in [9.17, 15) is 4.79 Å². The normalized spacial score (nSPS) is 16.4. The Kier molecular flexibility index (Phi) is 5.60. The second kappa shape index (κ2) is 8.29. The Bertz CT molecular complexity index is 973. The van der Waals surface area contributed by atoms with Crippen LogP contribution >= 0.6 is 23.4 Å². The number of hydrogen-bond acceptors (Lipinski definition) is 3. The van der Waals surface area contributed by atoms with Crippen LogP contribution in [0, 0.1) is 6.92 Å². The van der Waals surface area contributed by atoms with Gasteiger partial charge in [0.15, 0.2) is 0 Å². The number of ether oxygens (including phenoxy) is 1. The zero-order valence-corrected chi connectivity index (χ0v) is 17.0. The van der Waals surface area contributed by atoms with Gasteiger partial charge in [-0.2, -0.15) is 0 Å². The maximum absolute atomic E-state index is 12.5. The molecule has 3 nitrogen and oxygen atoms in total. The summed E-state index contributed by atoms with van der Waals surface area (Å²) >= 11 is 7.62. The Morgan fingerprint density at radius 2 is 1.82 bits per heavy atom. The predicted octanol–water partition coefficient (Wildman–Crippen LogP) is 6.01. The monoisotopic (exact) mass is 409 g/mol. The lowest BCUT2D eigenvalue weighted by molar-refractivity contribution is -0.115. The van der Waals surface area contributed by atoms with Crippen LogP contribution < -0.4 is 9.64 Å². The second-order valence-electron chi connectivity index (χ2n) is 6.75. The highest BCUT2D eigenvalue weighted by Gasteiger charge is 2.34. The fraction of sp³-hybridized carbons (Fsp3) is 0.174. The summed E-state index contributed by atoms with van der Waals surface area (Å²) in [4.78, 5) is 14.3. The van der Waals surface area contributed by atoms with E-state index in [0.29, 0.717) is 17.4 Å². The number of halogens is 1. The zero-order chi connectivity index (χ0) is 19.5. The van der Waals surface area contributed by atoms with Gasteiger partial charge < -0.3 is 4.74 Å². The average Bonchev–Trinajstić information content (AvgIpc) is 3.10. The number of hydrogen-bond donors (Lipinski definition) is 0. The van der Waals surface area contributed by atoms with Gasteiger partial charge in [0.2, 0.25) is 5.91 Å². The molecule has 3 aromatic carbocycles. The van der Waals surface area contributed by atoms with Crippen LogP contribution in [0.25, 0.3) is 0 Å². The van der Waals surface area contributed by atoms with Gasteiger partial charge in [-0.1, -0.05) is 53.6 Å². The van der Waals surface area contributed by atoms with E-state index < -0.39 is 0 Å². The lowest BCUT2D eigenvalue weighted by atomic mass is 10.1. The van der Waals surface area contributed by atoms with Crippen LogP contribution in [-0.4, -0.2) is 11.7 Å². The molecule has 1 amide bonds. The molecule has 0 N–H and O–H groups in total. The average molecular weight is 410 g/mol. The highest BCUT2D eigenvalue weighted by molar-refractivity contribution is 8.00. The number of carbonyl (C=O) groups is 1. The van der Waals surface area contributed by atoms with E-state index in [1.807, 2.05) is 53.4 Å². The van der Waals surface area contributed by atoms with Crippen molar-refractivity contribution < 1.29 is 9.53 Å². The largest absolute Gasteiger partial charge is 0.489 e. The molecule has 1 heterocycles. The minimum Gasteiger partial charge on any atom is -0.489 e. The lowest BCUT2D eigenvalue weighted by Gasteiger charge is -2.24. The van der Waals surface area contributed by atoms with Crippen molar-refractivity contribution in [3.8, 4) is 5.75 Å². The summed E-state index contributed by atoms with van der Waals surface area (Å²) in [6.07, 6.45) is 0. The van der Waals surface area contributed by atoms with E-state index in [1.54, 1.807) is 11.8 Å². The molecule has 28 heavy (non-hydrogen) atoms. The highest BCUT2D eigenvalue weighted by Crippen LogP contribution is 2.42. The van der Waals surface area contributed by atoms with Crippen LogP contribution in [0.2, 0.25) is 5.02 Å². The maximum Gasteiger partial charge on any atom is 0.238 e. The number of carbonyl (C=O) groups excluding carboxylic acids is 1. The molecule has 0 spiro atoms. The van der Waals surface area contributed by atoms with Crippen molar-refractivity contribution in [3.63, 3.8) is 0 Å². The Labute approximate surface area is 174 Å². The van der Waals surface area contributed by atoms with Gasteiger partial charge in [-0.3, -0.25) is 9.69 Å². The molecule has 4 rings (SSSR count). The quantitative estimate of drug-likeness (QED) is 0.517. The van der Waals surface area contributed by atoms with E-state index in [0.717, 1.165) is 22.6 Å². The molecule has 0 radical (unpaired) electrons. The van der Waals surface area contributed by atoms with Crippen LogP contribution in [0.4, 0.5) is 5.69 Å². The van der Waals surface area contributed by atoms with Crippen molar-refractivity contribution in [2.45, 2.75) is 18.9 Å². The Balaban J connectivity index is 1.53. The standard InChI is InChI=1S/C23H20ClNO2S/c1-16-5-7-17(8-6-16)14-27-21-4-2-3-18(13-21)23-25(22(26)15-28-23)20-11-9-19(24)10-12-20/h2-13,23H,14-15H2,1H3/t23-/m1/s1. The number of thioether (sulfide) groups is 1. The molecule has 1 atom stereocenters. The van der Waals surface area contributed by atoms with Gasteiger partial charge in [-0.25, -0.2) is 0 Å². The predicted molar refractivity (Wildman–Crippen MR) is 116 cm³/mol. The number of rotatable bonds is 5. The zero-order valence-electron chi connectivity index (χ0n) is 15.5. The molecular formula is C23H20ClNO2S. The molecule has 5 heteroatoms. The van der Waals surface area contributed by atoms with E-state index in [1.165, 1.54) is 5.56 Å². The number of nitrogens with zero attached hydrogens (tertiary/aromatic N) is 1. The Morgan fingerprint density at radius 3 is 2.57 bits per heavy atom. The van der Waals surface area contributed by atoms with Crippen LogP contribution in [0.15, 0.2) is 72.8 Å². The first-order valence-electron chi connectivity index (χ1n) is 9.08. The highest BCUT2D eigenvalue weighted by atomic mass is 35.5. The van der Waals surface area contributed by atoms with Gasteiger partial charge in [0.25, 0.3) is 0 Å². The third-order valence-corrected chi connectivity index (χ3v) is 6.11. The molecule has 0 unspecified atom stereocenters. The summed E-state index contributed by atoms with van der Waals surface area (Å²) in [7, 11) is 0. The summed E-state index contributed by atoms with van der Waals surface area (Å²) in [6, 6.07) is 23.7. The molecular weight excluding hydrogens is 390 g/mol. The Morgan fingerprint density at radius 1 is 1.07 bits per heavy atom. The van der Waals surface area contributed by atoms with Gasteiger partial charge in [0, 0.05) is 10.7 Å². The van der Waals surface area contributed by atoms with Crippen molar-refractivity contribution in [2.75, 3.05) is 10.7 Å². The lowest BCUT2D eigenvalue weighted by Crippen LogP contribution is -2.27. The van der Waals surface area contributed by atoms with E-state index >= 15 is 0 Å². The number of benzene rings is 3. The maximum atomic E-state index is 12.5. The molecule has 0 bridgehead atoms. The Hall–Kier alpha value is -2.43. The van der Waals surface area contributed by atoms with Crippen molar-refractivity contribution in [2.24, 2.45) is 0 Å². The number of anilines is 1. The third kappa shape index (κ3) is 4.18. The van der Waals surface area contributed by atoms with Crippen LogP contribution in [0.3, 0.4) is 0 Å². The molecule has 1 aliphatic rings. The fourth-order valence-electron chi connectivity index (χ4n) is 3.16. The van der Waals surface area contributed by atoms with Crippen LogP contribution in [-0.2, 0) is 11.4 Å². The van der Waals surface area contributed by atoms with Gasteiger partial charge in [0.1, 0.15) is 17.7 Å². The molecule has 0 aliphatic carbocycles. The molecule has 1 saturated heterocycles. The molecule has 142 valence electrons. The molecule has 1 aliphatic heterocycles. The first-order chi connectivity index (χ1) is 13.6. The smallest absolute Gasteiger partial charge is 0.238 e. The van der Waals surface area contributed by atoms with Crippen molar-refractivity contribution >= 4 is 35.0 Å². The van der Waals surface area contributed by atoms with Crippen molar-refractivity contribution in [1.82, 2.24) is 0 Å². The van der Waals surface area contributed by atoms with Gasteiger partial charge in [-0.15, -0.1) is 11.8 Å². The van der Waals surface area contributed by atoms with Crippen LogP contribution in [0.1, 0.15) is 22.1 Å². The summed E-state index contributed by atoms with van der Waals surface area (Å²) in [5, 5.41) is 0.586. The molecule has 0 aromatic heterocycles. The molecule has 1 fully saturated rings. The topological polar surface area (TPSA) is 29.5 Å². The first-order valence-corrected chi connectivity index (χ1v) is 10.5. The van der Waals surface area contributed by atoms with Crippen LogP contribution in [0.5, 0.6) is 5.75 Å². The number of amides is 1. The number of aryl methyl sites for hydroxylation is 1. The van der Waals surface area contributed by atoms with E-state index in [4.69, 9.17) is 16.3 Å². The second-order valence-corrected chi connectivity index (χ2v) is 8.26. The fourth-order valence-corrected chi connectivity index (χ4v) is 4.45. The third-order valence-electron chi connectivity index (χ3n) is 4.64.